The van der Waals surface area contributed by atoms with E-state index in [9.17, 15) is 15.2 Å². The van der Waals surface area contributed by atoms with Crippen LogP contribution >= 0.6 is 0 Å². The summed E-state index contributed by atoms with van der Waals surface area (Å²) in [4.78, 5) is 16.4. The molecule has 0 radical (unpaired) electrons. The van der Waals surface area contributed by atoms with Crippen molar-refractivity contribution >= 4 is 11.5 Å². The quantitative estimate of drug-likeness (QED) is 0.636. The number of aliphatic hydroxyl groups excluding tert-OH is 1. The van der Waals surface area contributed by atoms with Crippen LogP contribution in [-0.4, -0.2) is 34.2 Å². The number of anilines is 1. The second-order valence-electron chi connectivity index (χ2n) is 4.87. The Labute approximate surface area is 105 Å². The van der Waals surface area contributed by atoms with E-state index in [1.54, 1.807) is 13.0 Å². The Kier molecular flexibility index (Phi) is 3.47. The predicted molar refractivity (Wildman–Crippen MR) is 67.6 cm³/mol. The molecule has 0 aromatic carbocycles. The number of nitrogens with zero attached hydrogens (tertiary/aromatic N) is 3. The number of rotatable bonds is 2. The molecule has 2 atom stereocenters. The molecule has 1 aliphatic rings. The maximum Gasteiger partial charge on any atom is 0.290 e. The van der Waals surface area contributed by atoms with Gasteiger partial charge in [-0.05, 0) is 25.3 Å². The molecular weight excluding hydrogens is 234 g/mol. The third kappa shape index (κ3) is 2.43. The van der Waals surface area contributed by atoms with Crippen LogP contribution in [0.25, 0.3) is 0 Å². The number of hydrogen-bond acceptors (Lipinski definition) is 5. The van der Waals surface area contributed by atoms with Gasteiger partial charge in [0.05, 0.1) is 11.0 Å². The Balaban J connectivity index is 2.19. The summed E-state index contributed by atoms with van der Waals surface area (Å²) in [7, 11) is 0. The summed E-state index contributed by atoms with van der Waals surface area (Å²) in [5, 5.41) is 20.6. The van der Waals surface area contributed by atoms with E-state index in [-0.39, 0.29) is 11.8 Å². The zero-order valence-electron chi connectivity index (χ0n) is 10.5. The Morgan fingerprint density at radius 1 is 1.61 bits per heavy atom. The SMILES string of the molecule is Cc1cc(N2CCC(C)C(O)C2)ncc1[N+](=O)[O-]. The van der Waals surface area contributed by atoms with Gasteiger partial charge in [-0.15, -0.1) is 0 Å². The van der Waals surface area contributed by atoms with E-state index in [0.717, 1.165) is 13.0 Å². The van der Waals surface area contributed by atoms with Gasteiger partial charge in [-0.25, -0.2) is 4.98 Å². The topological polar surface area (TPSA) is 79.5 Å². The van der Waals surface area contributed by atoms with Crippen molar-refractivity contribution in [3.63, 3.8) is 0 Å². The Morgan fingerprint density at radius 2 is 2.33 bits per heavy atom. The van der Waals surface area contributed by atoms with E-state index >= 15 is 0 Å². The number of nitro groups is 1. The lowest BCUT2D eigenvalue weighted by molar-refractivity contribution is -0.385. The molecule has 0 aliphatic carbocycles. The highest BCUT2D eigenvalue weighted by molar-refractivity contribution is 5.49. The third-order valence-electron chi connectivity index (χ3n) is 3.51. The summed E-state index contributed by atoms with van der Waals surface area (Å²) in [6.07, 6.45) is 1.82. The van der Waals surface area contributed by atoms with Crippen molar-refractivity contribution in [2.75, 3.05) is 18.0 Å². The fourth-order valence-electron chi connectivity index (χ4n) is 2.15. The van der Waals surface area contributed by atoms with Crippen LogP contribution in [0.2, 0.25) is 0 Å². The van der Waals surface area contributed by atoms with Crippen molar-refractivity contribution in [1.29, 1.82) is 0 Å². The highest BCUT2D eigenvalue weighted by atomic mass is 16.6. The van der Waals surface area contributed by atoms with Crippen LogP contribution in [0.4, 0.5) is 11.5 Å². The Bertz CT molecular complexity index is 464. The fourth-order valence-corrected chi connectivity index (χ4v) is 2.15. The first-order chi connectivity index (χ1) is 8.49. The van der Waals surface area contributed by atoms with Gasteiger partial charge in [0.2, 0.25) is 0 Å². The molecule has 0 saturated carbocycles. The summed E-state index contributed by atoms with van der Waals surface area (Å²) in [6, 6.07) is 1.71. The lowest BCUT2D eigenvalue weighted by Gasteiger charge is -2.35. The number of pyridine rings is 1. The van der Waals surface area contributed by atoms with Crippen LogP contribution < -0.4 is 4.90 Å². The summed E-state index contributed by atoms with van der Waals surface area (Å²) in [5.74, 6) is 0.990. The number of piperidine rings is 1. The highest BCUT2D eigenvalue weighted by Gasteiger charge is 2.25. The molecule has 18 heavy (non-hydrogen) atoms. The normalized spacial score (nSPS) is 24.1. The van der Waals surface area contributed by atoms with E-state index in [2.05, 4.69) is 4.98 Å². The molecular formula is C12H17N3O3. The van der Waals surface area contributed by atoms with E-state index in [0.29, 0.717) is 23.8 Å². The van der Waals surface area contributed by atoms with Crippen molar-refractivity contribution in [2.24, 2.45) is 5.92 Å². The minimum atomic E-state index is -0.431. The van der Waals surface area contributed by atoms with Crippen LogP contribution in [0.1, 0.15) is 18.9 Å². The average Bonchev–Trinajstić information content (AvgIpc) is 2.32. The minimum Gasteiger partial charge on any atom is -0.391 e. The lowest BCUT2D eigenvalue weighted by Crippen LogP contribution is -2.43. The monoisotopic (exact) mass is 251 g/mol. The minimum absolute atomic E-state index is 0.0321. The van der Waals surface area contributed by atoms with Gasteiger partial charge in [0.1, 0.15) is 12.0 Å². The molecule has 6 heteroatoms. The smallest absolute Gasteiger partial charge is 0.290 e. The molecule has 2 rings (SSSR count). The van der Waals surface area contributed by atoms with E-state index in [1.807, 2.05) is 11.8 Å². The van der Waals surface area contributed by atoms with Gasteiger partial charge in [-0.2, -0.15) is 0 Å². The summed E-state index contributed by atoms with van der Waals surface area (Å²) in [5.41, 5.74) is 0.628. The molecule has 1 fully saturated rings. The fraction of sp³-hybridized carbons (Fsp3) is 0.583. The number of β-amino-alcohol motifs (C(OH)–C–C–N with tert-alkyl or cyclic N) is 1. The molecule has 98 valence electrons. The van der Waals surface area contributed by atoms with Crippen molar-refractivity contribution in [3.05, 3.63) is 27.9 Å². The molecule has 1 aliphatic heterocycles. The van der Waals surface area contributed by atoms with Gasteiger partial charge in [0.15, 0.2) is 0 Å². The molecule has 0 amide bonds. The standard InChI is InChI=1S/C12H17N3O3/c1-8-3-4-14(7-11(8)16)12-5-9(2)10(6-13-12)15(17)18/h5-6,8,11,16H,3-4,7H2,1-2H3. The first kappa shape index (κ1) is 12.8. The van der Waals surface area contributed by atoms with Gasteiger partial charge in [0.25, 0.3) is 5.69 Å². The van der Waals surface area contributed by atoms with Crippen LogP contribution in [0.15, 0.2) is 12.3 Å². The van der Waals surface area contributed by atoms with Crippen LogP contribution in [0.3, 0.4) is 0 Å². The molecule has 6 nitrogen and oxygen atoms in total. The van der Waals surface area contributed by atoms with Crippen LogP contribution in [-0.2, 0) is 0 Å². The molecule has 1 aromatic rings. The van der Waals surface area contributed by atoms with Gasteiger partial charge < -0.3 is 10.0 Å². The maximum absolute atomic E-state index is 10.7. The van der Waals surface area contributed by atoms with Crippen LogP contribution in [0, 0.1) is 23.0 Å². The molecule has 2 heterocycles. The first-order valence-electron chi connectivity index (χ1n) is 6.03. The number of aromatic nitrogens is 1. The lowest BCUT2D eigenvalue weighted by atomic mass is 9.96. The maximum atomic E-state index is 10.7. The molecule has 1 N–H and O–H groups in total. The molecule has 1 aromatic heterocycles. The summed E-state index contributed by atoms with van der Waals surface area (Å²) in [6.45, 7) is 5.08. The van der Waals surface area contributed by atoms with Gasteiger partial charge >= 0.3 is 0 Å². The summed E-state index contributed by atoms with van der Waals surface area (Å²) < 4.78 is 0. The highest BCUT2D eigenvalue weighted by Crippen LogP contribution is 2.25. The number of aryl methyl sites for hydroxylation is 1. The van der Waals surface area contributed by atoms with Gasteiger partial charge in [-0.1, -0.05) is 6.92 Å². The molecule has 0 spiro atoms. The Morgan fingerprint density at radius 3 is 2.89 bits per heavy atom. The Hall–Kier alpha value is -1.69. The molecule has 0 bridgehead atoms. The van der Waals surface area contributed by atoms with E-state index in [4.69, 9.17) is 0 Å². The third-order valence-corrected chi connectivity index (χ3v) is 3.51. The largest absolute Gasteiger partial charge is 0.391 e. The summed E-state index contributed by atoms with van der Waals surface area (Å²) >= 11 is 0. The average molecular weight is 251 g/mol. The molecule has 1 saturated heterocycles. The van der Waals surface area contributed by atoms with E-state index < -0.39 is 4.92 Å². The second-order valence-corrected chi connectivity index (χ2v) is 4.87. The van der Waals surface area contributed by atoms with Gasteiger partial charge in [0, 0.05) is 18.7 Å². The predicted octanol–water partition coefficient (Wildman–Crippen LogP) is 1.51. The molecule has 2 unspecified atom stereocenters. The zero-order chi connectivity index (χ0) is 13.3. The first-order valence-corrected chi connectivity index (χ1v) is 6.03. The van der Waals surface area contributed by atoms with Crippen molar-refractivity contribution in [2.45, 2.75) is 26.4 Å². The zero-order valence-corrected chi connectivity index (χ0v) is 10.5. The van der Waals surface area contributed by atoms with Crippen molar-refractivity contribution in [1.82, 2.24) is 4.98 Å². The van der Waals surface area contributed by atoms with Crippen molar-refractivity contribution in [3.8, 4) is 0 Å². The van der Waals surface area contributed by atoms with Crippen LogP contribution in [0.5, 0.6) is 0 Å². The van der Waals surface area contributed by atoms with Gasteiger partial charge in [-0.3, -0.25) is 10.1 Å². The number of hydrogen-bond donors (Lipinski definition) is 1. The van der Waals surface area contributed by atoms with Crippen molar-refractivity contribution < 1.29 is 10.0 Å². The second kappa shape index (κ2) is 4.89. The van der Waals surface area contributed by atoms with E-state index in [1.165, 1.54) is 6.20 Å². The number of aliphatic hydroxyl groups is 1.